The molecule has 0 aliphatic carbocycles. The second-order valence-electron chi connectivity index (χ2n) is 16.0. The fraction of sp³-hybridized carbons (Fsp3) is 0.857. The lowest BCUT2D eigenvalue weighted by Crippen LogP contribution is -2.61. The van der Waals surface area contributed by atoms with E-state index in [9.17, 15) is 9.59 Å². The fourth-order valence-electron chi connectivity index (χ4n) is 3.79. The van der Waals surface area contributed by atoms with Gasteiger partial charge >= 0.3 is 5.69 Å². The minimum absolute atomic E-state index is 0.239. The number of aromatic nitrogens is 2. The number of halogens is 2. The third-order valence-corrected chi connectivity index (χ3v) is 23.2. The molecule has 13 heteroatoms. The highest BCUT2D eigenvalue weighted by Gasteiger charge is 2.66. The van der Waals surface area contributed by atoms with Crippen LogP contribution in [0.3, 0.4) is 0 Å². The lowest BCUT2D eigenvalue weighted by Gasteiger charge is -2.46. The van der Waals surface area contributed by atoms with Crippen LogP contribution in [-0.2, 0) is 18.0 Å². The van der Waals surface area contributed by atoms with Gasteiger partial charge in [-0.25, -0.2) is 13.6 Å². The first-order valence-corrected chi connectivity index (χ1v) is 23.1. The molecule has 0 unspecified atom stereocenters. The van der Waals surface area contributed by atoms with E-state index in [1.807, 2.05) is 80.8 Å². The molecule has 1 aliphatic rings. The maximum absolute atomic E-state index is 15.6. The normalized spacial score (nSPS) is 25.3. The van der Waals surface area contributed by atoms with Crippen LogP contribution in [0.4, 0.5) is 8.78 Å². The van der Waals surface area contributed by atoms with Crippen LogP contribution in [0.15, 0.2) is 21.9 Å². The molecule has 8 nitrogen and oxygen atoms in total. The van der Waals surface area contributed by atoms with Crippen molar-refractivity contribution in [2.75, 3.05) is 6.61 Å². The van der Waals surface area contributed by atoms with Crippen molar-refractivity contribution < 1.29 is 26.8 Å². The first-order chi connectivity index (χ1) is 18.1. The molecule has 0 radical (unpaired) electrons. The largest absolute Gasteiger partial charge is 0.414 e. The van der Waals surface area contributed by atoms with Gasteiger partial charge in [-0.05, 0) is 54.4 Å². The molecule has 1 saturated heterocycles. The van der Waals surface area contributed by atoms with E-state index in [0.29, 0.717) is 0 Å². The summed E-state index contributed by atoms with van der Waals surface area (Å²) in [5.41, 5.74) is -3.59. The molecule has 0 saturated carbocycles. The number of hydrogen-bond donors (Lipinski definition) is 1. The summed E-state index contributed by atoms with van der Waals surface area (Å²) in [6.07, 6.45) is -5.33. The maximum atomic E-state index is 15.6. The average molecular weight is 637 g/mol. The van der Waals surface area contributed by atoms with Gasteiger partial charge < -0.3 is 18.0 Å². The van der Waals surface area contributed by atoms with Crippen LogP contribution in [0, 0.1) is 0 Å². The van der Waals surface area contributed by atoms with Crippen molar-refractivity contribution in [1.29, 1.82) is 0 Å². The van der Waals surface area contributed by atoms with Crippen LogP contribution in [0.2, 0.25) is 54.4 Å². The predicted molar refractivity (Wildman–Crippen MR) is 167 cm³/mol. The standard InChI is InChI=1S/C28H54F2N2O6Si3/c1-25(2,3)39(10,11)35-18-28(23(29)30)21(38-41(14,15)27(7,8)9)20(37-40(12,13)26(4,5)6)22(36-28)32-17-16-19(33)31-24(32)34/h16-17,20-23H,18H2,1-15H3,(H,31,33,34)/t20-,21-,22+,28+/m0/s1. The average Bonchev–Trinajstić information content (AvgIpc) is 3.03. The van der Waals surface area contributed by atoms with Crippen molar-refractivity contribution in [3.8, 4) is 0 Å². The number of nitrogens with one attached hydrogen (secondary N) is 1. The Kier molecular flexibility index (Phi) is 10.2. The van der Waals surface area contributed by atoms with Gasteiger partial charge in [0, 0.05) is 12.3 Å². The molecular weight excluding hydrogens is 583 g/mol. The van der Waals surface area contributed by atoms with Crippen molar-refractivity contribution in [2.45, 2.75) is 147 Å². The first kappa shape index (κ1) is 36.2. The molecule has 0 aromatic carbocycles. The third-order valence-electron chi connectivity index (χ3n) is 9.83. The highest BCUT2D eigenvalue weighted by molar-refractivity contribution is 6.75. The Morgan fingerprint density at radius 1 is 0.878 bits per heavy atom. The number of hydrogen-bond acceptors (Lipinski definition) is 6. The second kappa shape index (κ2) is 11.5. The van der Waals surface area contributed by atoms with Crippen molar-refractivity contribution in [3.05, 3.63) is 33.1 Å². The highest BCUT2D eigenvalue weighted by Crippen LogP contribution is 2.51. The van der Waals surface area contributed by atoms with Crippen LogP contribution in [-0.4, -0.2) is 65.3 Å². The SMILES string of the molecule is CC(C)(C)[Si](C)(C)OC[C@@]1(C(F)F)O[C@@H](n2ccc(=O)[nH]c2=O)[C@@H](O[Si](C)(C)C(C)(C)C)[C@@H]1O[Si](C)(C)C(C)(C)C. The quantitative estimate of drug-likeness (QED) is 0.298. The number of nitrogens with zero attached hydrogens (tertiary/aromatic N) is 1. The van der Waals surface area contributed by atoms with E-state index >= 15 is 8.78 Å². The van der Waals surface area contributed by atoms with Crippen molar-refractivity contribution in [3.63, 3.8) is 0 Å². The van der Waals surface area contributed by atoms with Crippen molar-refractivity contribution >= 4 is 25.0 Å². The minimum Gasteiger partial charge on any atom is -0.414 e. The molecule has 238 valence electrons. The summed E-state index contributed by atoms with van der Waals surface area (Å²) in [5, 5.41) is -0.824. The lowest BCUT2D eigenvalue weighted by molar-refractivity contribution is -0.191. The van der Waals surface area contributed by atoms with Gasteiger partial charge in [0.15, 0.2) is 36.8 Å². The zero-order valence-corrected chi connectivity index (χ0v) is 30.8. The molecule has 0 bridgehead atoms. The fourth-order valence-corrected chi connectivity index (χ4v) is 7.41. The van der Waals surface area contributed by atoms with E-state index in [0.717, 1.165) is 4.57 Å². The Labute approximate surface area is 247 Å². The summed E-state index contributed by atoms with van der Waals surface area (Å²) in [6, 6.07) is 1.17. The summed E-state index contributed by atoms with van der Waals surface area (Å²) >= 11 is 0. The zero-order chi connectivity index (χ0) is 32.2. The molecule has 1 aromatic rings. The van der Waals surface area contributed by atoms with E-state index in [-0.39, 0.29) is 15.1 Å². The lowest BCUT2D eigenvalue weighted by atomic mass is 9.96. The molecule has 1 aliphatic heterocycles. The molecule has 0 amide bonds. The van der Waals surface area contributed by atoms with E-state index in [1.165, 1.54) is 12.3 Å². The number of ether oxygens (including phenoxy) is 1. The van der Waals surface area contributed by atoms with Crippen LogP contribution >= 0.6 is 0 Å². The van der Waals surface area contributed by atoms with E-state index in [2.05, 4.69) is 25.8 Å². The van der Waals surface area contributed by atoms with E-state index < -0.39 is 73.3 Å². The third kappa shape index (κ3) is 7.40. The Hall–Kier alpha value is -0.969. The van der Waals surface area contributed by atoms with Crippen molar-refractivity contribution in [1.82, 2.24) is 9.55 Å². The van der Waals surface area contributed by atoms with Gasteiger partial charge in [-0.1, -0.05) is 62.3 Å². The van der Waals surface area contributed by atoms with Gasteiger partial charge in [-0.2, -0.15) is 0 Å². The molecule has 0 spiro atoms. The van der Waals surface area contributed by atoms with Crippen LogP contribution in [0.5, 0.6) is 0 Å². The Balaban J connectivity index is 2.88. The Bertz CT molecular complexity index is 1180. The highest BCUT2D eigenvalue weighted by atomic mass is 28.4. The topological polar surface area (TPSA) is 91.8 Å². The van der Waals surface area contributed by atoms with Gasteiger partial charge in [0.2, 0.25) is 0 Å². The number of aromatic amines is 1. The van der Waals surface area contributed by atoms with Gasteiger partial charge in [0.05, 0.1) is 6.61 Å². The monoisotopic (exact) mass is 636 g/mol. The Morgan fingerprint density at radius 3 is 1.76 bits per heavy atom. The summed E-state index contributed by atoms with van der Waals surface area (Å²) in [7, 11) is -7.85. The molecule has 4 atom stereocenters. The van der Waals surface area contributed by atoms with Crippen LogP contribution in [0.1, 0.15) is 68.5 Å². The summed E-state index contributed by atoms with van der Waals surface area (Å²) < 4.78 is 58.9. The van der Waals surface area contributed by atoms with Gasteiger partial charge in [-0.3, -0.25) is 14.3 Å². The number of H-pyrrole nitrogens is 1. The summed E-state index contributed by atoms with van der Waals surface area (Å²) in [6.45, 7) is 30.0. The summed E-state index contributed by atoms with van der Waals surface area (Å²) in [4.78, 5) is 27.2. The zero-order valence-electron chi connectivity index (χ0n) is 27.8. The molecular formula is C28H54F2N2O6Si3. The van der Waals surface area contributed by atoms with Gasteiger partial charge in [-0.15, -0.1) is 0 Å². The van der Waals surface area contributed by atoms with E-state index in [4.69, 9.17) is 18.0 Å². The van der Waals surface area contributed by atoms with E-state index in [1.54, 1.807) is 0 Å². The molecule has 1 aromatic heterocycles. The van der Waals surface area contributed by atoms with Gasteiger partial charge in [0.25, 0.3) is 12.0 Å². The molecule has 2 heterocycles. The Morgan fingerprint density at radius 2 is 1.34 bits per heavy atom. The minimum atomic E-state index is -3.02. The van der Waals surface area contributed by atoms with Crippen LogP contribution < -0.4 is 11.2 Å². The number of rotatable bonds is 9. The molecule has 1 N–H and O–H groups in total. The maximum Gasteiger partial charge on any atom is 0.330 e. The molecule has 1 fully saturated rings. The number of alkyl halides is 2. The first-order valence-electron chi connectivity index (χ1n) is 14.4. The van der Waals surface area contributed by atoms with Crippen molar-refractivity contribution in [2.24, 2.45) is 0 Å². The summed E-state index contributed by atoms with van der Waals surface area (Å²) in [5.74, 6) is 0. The molecule has 41 heavy (non-hydrogen) atoms. The van der Waals surface area contributed by atoms with Crippen LogP contribution in [0.25, 0.3) is 0 Å². The molecule has 2 rings (SSSR count). The smallest absolute Gasteiger partial charge is 0.330 e. The predicted octanol–water partition coefficient (Wildman–Crippen LogP) is 6.87. The second-order valence-corrected chi connectivity index (χ2v) is 30.3. The van der Waals surface area contributed by atoms with Gasteiger partial charge in [0.1, 0.15) is 12.2 Å².